The molecule has 148 valence electrons. The van der Waals surface area contributed by atoms with Gasteiger partial charge in [0.05, 0.1) is 32.4 Å². The Balaban J connectivity index is 2.00. The molecule has 2 aromatic carbocycles. The van der Waals surface area contributed by atoms with Gasteiger partial charge in [-0.25, -0.2) is 10.2 Å². The molecule has 1 atom stereocenters. The van der Waals surface area contributed by atoms with Gasteiger partial charge >= 0.3 is 6.09 Å². The molecule has 2 N–H and O–H groups in total. The van der Waals surface area contributed by atoms with Gasteiger partial charge in [0.2, 0.25) is 5.91 Å². The summed E-state index contributed by atoms with van der Waals surface area (Å²) in [5.74, 6) is 0.416. The van der Waals surface area contributed by atoms with Gasteiger partial charge < -0.3 is 14.8 Å². The number of aryl methyl sites for hydroxylation is 1. The number of nitrogens with one attached hydrogen (secondary N) is 2. The summed E-state index contributed by atoms with van der Waals surface area (Å²) in [6, 6.07) is 14.3. The minimum Gasteiger partial charge on any atom is -0.496 e. The second-order valence-corrected chi connectivity index (χ2v) is 6.05. The molecule has 0 aromatic heterocycles. The first kappa shape index (κ1) is 21.0. The number of ether oxygens (including phenoxy) is 2. The largest absolute Gasteiger partial charge is 0.496 e. The van der Waals surface area contributed by atoms with Gasteiger partial charge in [-0.05, 0) is 36.6 Å². The maximum Gasteiger partial charge on any atom is 0.407 e. The van der Waals surface area contributed by atoms with E-state index in [0.29, 0.717) is 0 Å². The van der Waals surface area contributed by atoms with Gasteiger partial charge in [0.25, 0.3) is 0 Å². The number of amides is 2. The zero-order valence-corrected chi connectivity index (χ0v) is 16.3. The lowest BCUT2D eigenvalue weighted by molar-refractivity contribution is -0.121. The maximum absolute atomic E-state index is 12.3. The molecule has 7 nitrogen and oxygen atoms in total. The Bertz CT molecular complexity index is 822. The van der Waals surface area contributed by atoms with Crippen LogP contribution in [0.2, 0.25) is 0 Å². The zero-order valence-electron chi connectivity index (χ0n) is 16.3. The summed E-state index contributed by atoms with van der Waals surface area (Å²) in [5, 5.41) is 6.69. The third-order valence-corrected chi connectivity index (χ3v) is 3.99. The monoisotopic (exact) mass is 383 g/mol. The minimum absolute atomic E-state index is 0.0252. The first-order valence-corrected chi connectivity index (χ1v) is 8.98. The van der Waals surface area contributed by atoms with Crippen molar-refractivity contribution in [1.82, 2.24) is 10.7 Å². The minimum atomic E-state index is -0.570. The second kappa shape index (κ2) is 10.7. The van der Waals surface area contributed by atoms with Gasteiger partial charge in [0.1, 0.15) is 5.75 Å². The summed E-state index contributed by atoms with van der Waals surface area (Å²) >= 11 is 0. The van der Waals surface area contributed by atoms with Crippen molar-refractivity contribution >= 4 is 18.2 Å². The Hall–Kier alpha value is -3.35. The van der Waals surface area contributed by atoms with Gasteiger partial charge in [-0.3, -0.25) is 4.79 Å². The second-order valence-electron chi connectivity index (χ2n) is 6.05. The molecule has 0 aliphatic carbocycles. The number of hydrazone groups is 1. The SMILES string of the molecule is CCOC(=O)N[C@@H](CC(=O)N/N=C\c1ccc(C)c(OC)c1)c1ccccc1. The van der Waals surface area contributed by atoms with Crippen LogP contribution in [0.3, 0.4) is 0 Å². The van der Waals surface area contributed by atoms with Gasteiger partial charge in [-0.2, -0.15) is 5.10 Å². The van der Waals surface area contributed by atoms with Gasteiger partial charge in [-0.1, -0.05) is 42.5 Å². The number of benzene rings is 2. The molecule has 0 saturated heterocycles. The van der Waals surface area contributed by atoms with Crippen LogP contribution < -0.4 is 15.5 Å². The van der Waals surface area contributed by atoms with Crippen molar-refractivity contribution in [3.05, 3.63) is 65.2 Å². The van der Waals surface area contributed by atoms with Crippen LogP contribution in [-0.2, 0) is 9.53 Å². The number of alkyl carbamates (subject to hydrolysis) is 1. The number of carbonyl (C=O) groups excluding carboxylic acids is 2. The van der Waals surface area contributed by atoms with E-state index in [2.05, 4.69) is 15.8 Å². The van der Waals surface area contributed by atoms with Crippen LogP contribution in [0.5, 0.6) is 5.75 Å². The lowest BCUT2D eigenvalue weighted by Gasteiger charge is -2.18. The molecule has 0 fully saturated rings. The molecule has 0 spiro atoms. The predicted octanol–water partition coefficient (Wildman–Crippen LogP) is 3.33. The van der Waals surface area contributed by atoms with Crippen LogP contribution in [0, 0.1) is 6.92 Å². The standard InChI is InChI=1S/C21H25N3O4/c1-4-28-21(26)23-18(17-8-6-5-7-9-17)13-20(25)24-22-14-16-11-10-15(2)19(12-16)27-3/h5-12,14,18H,4,13H2,1-3H3,(H,23,26)(H,24,25)/b22-14-/t18-/m0/s1. The number of hydrogen-bond acceptors (Lipinski definition) is 5. The van der Waals surface area contributed by atoms with Crippen molar-refractivity contribution in [2.24, 2.45) is 5.10 Å². The average molecular weight is 383 g/mol. The fraction of sp³-hybridized carbons (Fsp3) is 0.286. The summed E-state index contributed by atoms with van der Waals surface area (Å²) in [6.07, 6.45) is 0.993. The Morgan fingerprint density at radius 3 is 2.61 bits per heavy atom. The van der Waals surface area contributed by atoms with E-state index in [0.717, 1.165) is 22.4 Å². The van der Waals surface area contributed by atoms with E-state index in [1.165, 1.54) is 6.21 Å². The van der Waals surface area contributed by atoms with E-state index in [-0.39, 0.29) is 18.9 Å². The zero-order chi connectivity index (χ0) is 20.4. The summed E-state index contributed by atoms with van der Waals surface area (Å²) in [4.78, 5) is 24.1. The highest BCUT2D eigenvalue weighted by molar-refractivity contribution is 5.83. The highest BCUT2D eigenvalue weighted by atomic mass is 16.5. The number of rotatable bonds is 8. The molecule has 2 aromatic rings. The first-order chi connectivity index (χ1) is 13.5. The normalized spacial score (nSPS) is 11.7. The van der Waals surface area contributed by atoms with Crippen molar-refractivity contribution < 1.29 is 19.1 Å². The van der Waals surface area contributed by atoms with Gasteiger partial charge in [0.15, 0.2) is 0 Å². The van der Waals surface area contributed by atoms with E-state index >= 15 is 0 Å². The molecule has 0 radical (unpaired) electrons. The highest BCUT2D eigenvalue weighted by Crippen LogP contribution is 2.18. The Morgan fingerprint density at radius 2 is 1.93 bits per heavy atom. The third-order valence-electron chi connectivity index (χ3n) is 3.99. The molecule has 2 amide bonds. The van der Waals surface area contributed by atoms with Crippen molar-refractivity contribution in [2.75, 3.05) is 13.7 Å². The number of methoxy groups -OCH3 is 1. The van der Waals surface area contributed by atoms with Crippen LogP contribution in [-0.4, -0.2) is 31.9 Å². The highest BCUT2D eigenvalue weighted by Gasteiger charge is 2.18. The van der Waals surface area contributed by atoms with Crippen molar-refractivity contribution in [3.63, 3.8) is 0 Å². The molecule has 2 rings (SSSR count). The van der Waals surface area contributed by atoms with E-state index in [4.69, 9.17) is 9.47 Å². The smallest absolute Gasteiger partial charge is 0.407 e. The number of carbonyl (C=O) groups is 2. The molecule has 0 saturated carbocycles. The Morgan fingerprint density at radius 1 is 1.18 bits per heavy atom. The lowest BCUT2D eigenvalue weighted by Crippen LogP contribution is -2.33. The fourth-order valence-electron chi connectivity index (χ4n) is 2.58. The van der Waals surface area contributed by atoms with Crippen molar-refractivity contribution in [1.29, 1.82) is 0 Å². The van der Waals surface area contributed by atoms with Crippen LogP contribution in [0.25, 0.3) is 0 Å². The van der Waals surface area contributed by atoms with Crippen LogP contribution >= 0.6 is 0 Å². The molecule has 0 bridgehead atoms. The summed E-state index contributed by atoms with van der Waals surface area (Å²) in [7, 11) is 1.60. The van der Waals surface area contributed by atoms with E-state index in [1.54, 1.807) is 14.0 Å². The van der Waals surface area contributed by atoms with Crippen LogP contribution in [0.15, 0.2) is 53.6 Å². The number of nitrogens with zero attached hydrogens (tertiary/aromatic N) is 1. The van der Waals surface area contributed by atoms with Gasteiger partial charge in [0, 0.05) is 0 Å². The average Bonchev–Trinajstić information content (AvgIpc) is 2.69. The third kappa shape index (κ3) is 6.42. The molecule has 28 heavy (non-hydrogen) atoms. The maximum atomic E-state index is 12.3. The quantitative estimate of drug-likeness (QED) is 0.540. The van der Waals surface area contributed by atoms with Crippen molar-refractivity contribution in [3.8, 4) is 5.75 Å². The van der Waals surface area contributed by atoms with E-state index < -0.39 is 12.1 Å². The molecule has 0 aliphatic heterocycles. The molecule has 7 heteroatoms. The number of hydrogen-bond donors (Lipinski definition) is 2. The Kier molecular flexibility index (Phi) is 8.02. The summed E-state index contributed by atoms with van der Waals surface area (Å²) in [6.45, 7) is 3.92. The van der Waals surface area contributed by atoms with E-state index in [1.807, 2.05) is 55.5 Å². The predicted molar refractivity (Wildman–Crippen MR) is 107 cm³/mol. The van der Waals surface area contributed by atoms with Crippen molar-refractivity contribution in [2.45, 2.75) is 26.3 Å². The molecule has 0 aliphatic rings. The fourth-order valence-corrected chi connectivity index (χ4v) is 2.58. The lowest BCUT2D eigenvalue weighted by atomic mass is 10.0. The molecular weight excluding hydrogens is 358 g/mol. The van der Waals surface area contributed by atoms with Crippen LogP contribution in [0.4, 0.5) is 4.79 Å². The summed E-state index contributed by atoms with van der Waals surface area (Å²) < 4.78 is 10.2. The first-order valence-electron chi connectivity index (χ1n) is 8.98. The summed E-state index contributed by atoms with van der Waals surface area (Å²) in [5.41, 5.74) is 5.10. The topological polar surface area (TPSA) is 89.0 Å². The molecule has 0 heterocycles. The van der Waals surface area contributed by atoms with E-state index in [9.17, 15) is 9.59 Å². The Labute approximate surface area is 164 Å². The van der Waals surface area contributed by atoms with Crippen LogP contribution in [0.1, 0.15) is 36.1 Å². The molecule has 0 unspecified atom stereocenters. The molecular formula is C21H25N3O4. The van der Waals surface area contributed by atoms with Gasteiger partial charge in [-0.15, -0.1) is 0 Å².